The quantitative estimate of drug-likeness (QED) is 0.668. The number of carbonyl (C=O) groups excluding carboxylic acids is 1. The molecule has 1 fully saturated rings. The molecule has 1 aliphatic heterocycles. The van der Waals surface area contributed by atoms with E-state index < -0.39 is 4.92 Å². The van der Waals surface area contributed by atoms with Crippen molar-refractivity contribution in [1.29, 1.82) is 0 Å². The first-order chi connectivity index (χ1) is 10.1. The lowest BCUT2D eigenvalue weighted by atomic mass is 10.1. The number of amides is 1. The number of carbonyl (C=O) groups is 1. The van der Waals surface area contributed by atoms with Gasteiger partial charge >= 0.3 is 0 Å². The predicted molar refractivity (Wildman–Crippen MR) is 85.1 cm³/mol. The Morgan fingerprint density at radius 3 is 2.76 bits per heavy atom. The van der Waals surface area contributed by atoms with Crippen LogP contribution in [0.25, 0.3) is 0 Å². The van der Waals surface area contributed by atoms with Crippen molar-refractivity contribution in [3.8, 4) is 0 Å². The molecular formula is C14H19N3O3S. The van der Waals surface area contributed by atoms with Gasteiger partial charge in [0.05, 0.1) is 4.92 Å². The molecule has 0 spiro atoms. The van der Waals surface area contributed by atoms with Crippen LogP contribution < -0.4 is 5.32 Å². The van der Waals surface area contributed by atoms with Gasteiger partial charge in [0.15, 0.2) is 0 Å². The second-order valence-corrected chi connectivity index (χ2v) is 6.05. The summed E-state index contributed by atoms with van der Waals surface area (Å²) in [4.78, 5) is 24.9. The summed E-state index contributed by atoms with van der Waals surface area (Å²) in [6.07, 6.45) is 0.948. The van der Waals surface area contributed by atoms with Crippen molar-refractivity contribution in [2.45, 2.75) is 13.3 Å². The van der Waals surface area contributed by atoms with Crippen molar-refractivity contribution in [3.63, 3.8) is 0 Å². The molecule has 1 N–H and O–H groups in total. The number of hydrogen-bond acceptors (Lipinski definition) is 5. The van der Waals surface area contributed by atoms with E-state index in [9.17, 15) is 14.9 Å². The molecule has 7 heteroatoms. The largest absolute Gasteiger partial charge is 0.385 e. The number of hydrogen-bond donors (Lipinski definition) is 1. The molecule has 1 aliphatic rings. The van der Waals surface area contributed by atoms with E-state index in [0.29, 0.717) is 13.1 Å². The Bertz CT molecular complexity index is 530. The van der Waals surface area contributed by atoms with Gasteiger partial charge in [-0.3, -0.25) is 14.9 Å². The van der Waals surface area contributed by atoms with Gasteiger partial charge in [-0.1, -0.05) is 6.92 Å². The van der Waals surface area contributed by atoms with Crippen molar-refractivity contribution in [1.82, 2.24) is 4.90 Å². The minimum atomic E-state index is -0.491. The summed E-state index contributed by atoms with van der Waals surface area (Å²) in [6, 6.07) is 4.65. The number of rotatable bonds is 5. The second kappa shape index (κ2) is 7.31. The minimum absolute atomic E-state index is 0.125. The first-order valence-electron chi connectivity index (χ1n) is 7.02. The van der Waals surface area contributed by atoms with E-state index in [-0.39, 0.29) is 17.2 Å². The Morgan fingerprint density at radius 2 is 2.14 bits per heavy atom. The smallest absolute Gasteiger partial charge is 0.282 e. The third kappa shape index (κ3) is 3.87. The molecule has 0 aliphatic carbocycles. The normalized spacial score (nSPS) is 14.8. The van der Waals surface area contributed by atoms with Gasteiger partial charge in [0.2, 0.25) is 0 Å². The molecule has 6 nitrogen and oxygen atoms in total. The molecule has 1 aromatic rings. The fourth-order valence-electron chi connectivity index (χ4n) is 2.18. The number of nitro benzene ring substituents is 1. The van der Waals surface area contributed by atoms with Crippen LogP contribution in [0.2, 0.25) is 0 Å². The summed E-state index contributed by atoms with van der Waals surface area (Å²) in [5, 5.41) is 14.3. The number of nitro groups is 1. The van der Waals surface area contributed by atoms with Gasteiger partial charge in [0.1, 0.15) is 5.56 Å². The molecule has 1 aromatic carbocycles. The maximum Gasteiger partial charge on any atom is 0.282 e. The maximum absolute atomic E-state index is 12.5. The first kappa shape index (κ1) is 15.6. The number of nitrogens with one attached hydrogen (secondary N) is 1. The zero-order valence-electron chi connectivity index (χ0n) is 12.0. The van der Waals surface area contributed by atoms with Gasteiger partial charge in [-0.2, -0.15) is 11.8 Å². The summed E-state index contributed by atoms with van der Waals surface area (Å²) in [7, 11) is 0. The molecule has 0 aromatic heterocycles. The summed E-state index contributed by atoms with van der Waals surface area (Å²) < 4.78 is 0. The monoisotopic (exact) mass is 309 g/mol. The van der Waals surface area contributed by atoms with Crippen LogP contribution in [0.5, 0.6) is 0 Å². The lowest BCUT2D eigenvalue weighted by Crippen LogP contribution is -2.38. The standard InChI is InChI=1S/C14H19N3O3S/c1-2-5-15-11-3-4-13(17(19)20)12(10-11)14(18)16-6-8-21-9-7-16/h3-4,10,15H,2,5-9H2,1H3. The van der Waals surface area contributed by atoms with Crippen LogP contribution >= 0.6 is 11.8 Å². The van der Waals surface area contributed by atoms with E-state index in [1.807, 2.05) is 6.92 Å². The summed E-state index contributed by atoms with van der Waals surface area (Å²) in [6.45, 7) is 4.10. The fraction of sp³-hybridized carbons (Fsp3) is 0.500. The van der Waals surface area contributed by atoms with Crippen LogP contribution in [-0.2, 0) is 0 Å². The van der Waals surface area contributed by atoms with E-state index in [2.05, 4.69) is 5.32 Å². The van der Waals surface area contributed by atoms with Gasteiger partial charge in [-0.25, -0.2) is 0 Å². The second-order valence-electron chi connectivity index (χ2n) is 4.82. The summed E-state index contributed by atoms with van der Waals surface area (Å²) >= 11 is 1.80. The molecule has 0 atom stereocenters. The van der Waals surface area contributed by atoms with Gasteiger partial charge in [0.25, 0.3) is 11.6 Å². The lowest BCUT2D eigenvalue weighted by Gasteiger charge is -2.26. The highest BCUT2D eigenvalue weighted by Gasteiger charge is 2.26. The Kier molecular flexibility index (Phi) is 5.44. The fourth-order valence-corrected chi connectivity index (χ4v) is 3.09. The van der Waals surface area contributed by atoms with E-state index in [1.54, 1.807) is 28.8 Å². The molecule has 1 amide bonds. The van der Waals surface area contributed by atoms with Crippen molar-refractivity contribution in [3.05, 3.63) is 33.9 Å². The third-order valence-electron chi connectivity index (χ3n) is 3.30. The van der Waals surface area contributed by atoms with E-state index in [1.165, 1.54) is 6.07 Å². The SMILES string of the molecule is CCCNc1ccc([N+](=O)[O-])c(C(=O)N2CCSCC2)c1. The highest BCUT2D eigenvalue weighted by Crippen LogP contribution is 2.25. The third-order valence-corrected chi connectivity index (χ3v) is 4.24. The van der Waals surface area contributed by atoms with Crippen LogP contribution in [0.3, 0.4) is 0 Å². The van der Waals surface area contributed by atoms with Crippen molar-refractivity contribution in [2.24, 2.45) is 0 Å². The maximum atomic E-state index is 12.5. The van der Waals surface area contributed by atoms with Crippen molar-refractivity contribution < 1.29 is 9.72 Å². The molecule has 0 bridgehead atoms. The van der Waals surface area contributed by atoms with Gasteiger partial charge in [-0.15, -0.1) is 0 Å². The van der Waals surface area contributed by atoms with Gasteiger partial charge in [-0.05, 0) is 18.6 Å². The van der Waals surface area contributed by atoms with Crippen LogP contribution in [0.4, 0.5) is 11.4 Å². The molecule has 114 valence electrons. The molecule has 1 heterocycles. The lowest BCUT2D eigenvalue weighted by molar-refractivity contribution is -0.385. The average Bonchev–Trinajstić information content (AvgIpc) is 2.52. The zero-order chi connectivity index (χ0) is 15.2. The van der Waals surface area contributed by atoms with Gasteiger partial charge < -0.3 is 10.2 Å². The first-order valence-corrected chi connectivity index (χ1v) is 8.18. The molecule has 21 heavy (non-hydrogen) atoms. The zero-order valence-corrected chi connectivity index (χ0v) is 12.8. The van der Waals surface area contributed by atoms with E-state index in [0.717, 1.165) is 30.2 Å². The molecular weight excluding hydrogens is 290 g/mol. The molecule has 0 saturated carbocycles. The highest BCUT2D eigenvalue weighted by atomic mass is 32.2. The molecule has 1 saturated heterocycles. The van der Waals surface area contributed by atoms with E-state index >= 15 is 0 Å². The highest BCUT2D eigenvalue weighted by molar-refractivity contribution is 7.99. The van der Waals surface area contributed by atoms with Gasteiger partial charge in [0, 0.05) is 42.9 Å². The Hall–Kier alpha value is -1.76. The molecule has 0 unspecified atom stereocenters. The van der Waals surface area contributed by atoms with Crippen LogP contribution in [0, 0.1) is 10.1 Å². The van der Waals surface area contributed by atoms with Crippen LogP contribution in [-0.4, -0.2) is 46.9 Å². The number of nitrogens with zero attached hydrogens (tertiary/aromatic N) is 2. The Balaban J connectivity index is 2.28. The summed E-state index contributed by atoms with van der Waals surface area (Å²) in [5.74, 6) is 1.52. The number of thioether (sulfide) groups is 1. The minimum Gasteiger partial charge on any atom is -0.385 e. The summed E-state index contributed by atoms with van der Waals surface area (Å²) in [5.41, 5.74) is 0.797. The van der Waals surface area contributed by atoms with Crippen LogP contribution in [0.15, 0.2) is 18.2 Å². The van der Waals surface area contributed by atoms with Crippen molar-refractivity contribution in [2.75, 3.05) is 36.5 Å². The van der Waals surface area contributed by atoms with Crippen molar-refractivity contribution >= 4 is 29.0 Å². The number of anilines is 1. The Morgan fingerprint density at radius 1 is 1.43 bits per heavy atom. The van der Waals surface area contributed by atoms with E-state index in [4.69, 9.17) is 0 Å². The topological polar surface area (TPSA) is 75.5 Å². The molecule has 0 radical (unpaired) electrons. The predicted octanol–water partition coefficient (Wildman–Crippen LogP) is 2.61. The van der Waals surface area contributed by atoms with Crippen LogP contribution in [0.1, 0.15) is 23.7 Å². The number of benzene rings is 1. The average molecular weight is 309 g/mol. The molecule has 2 rings (SSSR count). The Labute approximate surface area is 128 Å².